The predicted octanol–water partition coefficient (Wildman–Crippen LogP) is 8.72. The molecule has 2 aliphatic carbocycles. The first-order valence-electron chi connectivity index (χ1n) is 19.3. The predicted molar refractivity (Wildman–Crippen MR) is 217 cm³/mol. The summed E-state index contributed by atoms with van der Waals surface area (Å²) < 4.78 is 1.77. The smallest absolute Gasteiger partial charge is 0.393 e. The molecule has 2 aliphatic rings. The summed E-state index contributed by atoms with van der Waals surface area (Å²) in [5.41, 5.74) is 7.83. The van der Waals surface area contributed by atoms with E-state index in [1.54, 1.807) is 17.0 Å². The van der Waals surface area contributed by atoms with E-state index in [-0.39, 0.29) is 41.4 Å². The summed E-state index contributed by atoms with van der Waals surface area (Å²) in [6.07, 6.45) is 23.9. The van der Waals surface area contributed by atoms with E-state index < -0.39 is 0 Å². The quantitative estimate of drug-likeness (QED) is 0.0743. The maximum absolute atomic E-state index is 12.8. The van der Waals surface area contributed by atoms with E-state index in [1.165, 1.54) is 31.1 Å². The van der Waals surface area contributed by atoms with Crippen molar-refractivity contribution in [2.45, 2.75) is 133 Å². The fraction of sp³-hybridized carbons (Fsp3) is 0.591. The standard InChI is InChI=1S/C26H37N4O.C10H15N2.C8H16.Na/c1-6-10-22(16-27)25(21-11-9-12-21)30-24-15-23(17-28-19(24)5)29-26(31)20(8-3)14-13-18(4)7-2;1-5-8(2)9(3)10-6-11-12(4)7-10;1-7-5-4-6-8(7,2)3;/h6,15-18,20,27,30H,1,7-9,11-14H2,2-5H3,(H,29,31);3,6-8H,5H2,1-2,4H3;7H,4-6H2,1-3H3;/q2*-1;;+1. The second-order valence-electron chi connectivity index (χ2n) is 15.4. The van der Waals surface area contributed by atoms with Crippen LogP contribution >= 0.6 is 0 Å². The Bertz CT molecular complexity index is 1500. The zero-order valence-corrected chi connectivity index (χ0v) is 36.6. The van der Waals surface area contributed by atoms with Crippen LogP contribution in [0.3, 0.4) is 0 Å². The van der Waals surface area contributed by atoms with Crippen molar-refractivity contribution in [1.82, 2.24) is 14.8 Å². The normalized spacial score (nSPS) is 17.7. The second kappa shape index (κ2) is 23.8. The van der Waals surface area contributed by atoms with Gasteiger partial charge in [0.05, 0.1) is 23.3 Å². The van der Waals surface area contributed by atoms with Crippen molar-refractivity contribution in [2.75, 3.05) is 10.6 Å². The van der Waals surface area contributed by atoms with Crippen LogP contribution in [0.25, 0.3) is 5.57 Å². The van der Waals surface area contributed by atoms with E-state index in [0.29, 0.717) is 28.5 Å². The third-order valence-corrected chi connectivity index (χ3v) is 11.1. The molecule has 282 valence electrons. The molecule has 2 heterocycles. The van der Waals surface area contributed by atoms with Gasteiger partial charge in [-0.15, -0.1) is 17.2 Å². The Balaban J connectivity index is 0.000000521. The largest absolute Gasteiger partial charge is 1.00 e. The zero-order valence-electron chi connectivity index (χ0n) is 34.6. The molecule has 0 saturated heterocycles. The van der Waals surface area contributed by atoms with Crippen molar-refractivity contribution < 1.29 is 34.4 Å². The van der Waals surface area contributed by atoms with Crippen LogP contribution in [0.2, 0.25) is 0 Å². The molecular weight excluding hydrogens is 652 g/mol. The minimum atomic E-state index is 0. The number of amides is 1. The minimum absolute atomic E-state index is 0. The zero-order chi connectivity index (χ0) is 38.1. The molecule has 0 aromatic carbocycles. The van der Waals surface area contributed by atoms with Crippen molar-refractivity contribution >= 4 is 29.1 Å². The fourth-order valence-electron chi connectivity index (χ4n) is 6.14. The maximum Gasteiger partial charge on any atom is 1.00 e. The van der Waals surface area contributed by atoms with Gasteiger partial charge in [-0.3, -0.25) is 21.0 Å². The molecule has 7 nitrogen and oxygen atoms in total. The van der Waals surface area contributed by atoms with Crippen LogP contribution in [-0.4, -0.2) is 26.9 Å². The van der Waals surface area contributed by atoms with E-state index in [2.05, 4.69) is 88.8 Å². The molecule has 2 saturated carbocycles. The van der Waals surface area contributed by atoms with Gasteiger partial charge in [0.15, 0.2) is 0 Å². The number of anilines is 2. The number of carbonyl (C=O) groups excluding carboxylic acids is 1. The molecule has 0 bridgehead atoms. The first-order chi connectivity index (χ1) is 24.2. The van der Waals surface area contributed by atoms with Gasteiger partial charge in [0.2, 0.25) is 5.91 Å². The Labute approximate surface area is 339 Å². The number of aryl methyl sites for hydroxylation is 2. The van der Waals surface area contributed by atoms with Gasteiger partial charge in [-0.05, 0) is 93.3 Å². The van der Waals surface area contributed by atoms with Gasteiger partial charge in [0.1, 0.15) is 0 Å². The van der Waals surface area contributed by atoms with Gasteiger partial charge in [0, 0.05) is 13.0 Å². The second-order valence-corrected chi connectivity index (χ2v) is 15.4. The van der Waals surface area contributed by atoms with Crippen molar-refractivity contribution in [3.05, 3.63) is 78.1 Å². The molecule has 0 spiro atoms. The molecule has 3 N–H and O–H groups in total. The van der Waals surface area contributed by atoms with Gasteiger partial charge in [-0.2, -0.15) is 12.7 Å². The molecular formula is C44H68N6NaO-. The van der Waals surface area contributed by atoms with E-state index in [1.807, 2.05) is 32.4 Å². The number of nitrogens with zero attached hydrogens (tertiary/aromatic N) is 3. The molecule has 2 aromatic rings. The monoisotopic (exact) mass is 720 g/mol. The third-order valence-electron chi connectivity index (χ3n) is 11.1. The summed E-state index contributed by atoms with van der Waals surface area (Å²) in [4.78, 5) is 17.3. The van der Waals surface area contributed by atoms with Crippen LogP contribution < -0.4 is 40.2 Å². The molecule has 2 aromatic heterocycles. The molecule has 4 atom stereocenters. The van der Waals surface area contributed by atoms with Crippen molar-refractivity contribution in [1.29, 1.82) is 5.41 Å². The van der Waals surface area contributed by atoms with E-state index in [4.69, 9.17) is 12.0 Å². The Kier molecular flexibility index (Phi) is 21.7. The Morgan fingerprint density at radius 3 is 2.27 bits per heavy atom. The van der Waals surface area contributed by atoms with Crippen LogP contribution in [0.1, 0.15) is 137 Å². The molecule has 1 amide bonds. The van der Waals surface area contributed by atoms with Crippen LogP contribution in [0.5, 0.6) is 0 Å². The number of hydrogen-bond donors (Lipinski definition) is 3. The average Bonchev–Trinajstić information content (AvgIpc) is 3.66. The van der Waals surface area contributed by atoms with E-state index in [9.17, 15) is 4.79 Å². The van der Waals surface area contributed by atoms with Gasteiger partial charge in [-0.1, -0.05) is 98.8 Å². The van der Waals surface area contributed by atoms with Gasteiger partial charge >= 0.3 is 29.6 Å². The molecule has 2 fully saturated rings. The summed E-state index contributed by atoms with van der Waals surface area (Å²) in [6, 6.07) is 1.93. The first kappa shape index (κ1) is 47.3. The average molecular weight is 720 g/mol. The third kappa shape index (κ3) is 14.9. The number of hydrogen-bond acceptors (Lipinski definition) is 5. The van der Waals surface area contributed by atoms with Crippen molar-refractivity contribution in [3.63, 3.8) is 0 Å². The summed E-state index contributed by atoms with van der Waals surface area (Å²) in [6.45, 7) is 29.5. The number of aromatic nitrogens is 3. The maximum atomic E-state index is 12.8. The molecule has 4 rings (SSSR count). The van der Waals surface area contributed by atoms with Gasteiger partial charge in [-0.25, -0.2) is 10.7 Å². The summed E-state index contributed by atoms with van der Waals surface area (Å²) in [7, 11) is 1.90. The Hall–Kier alpha value is -2.74. The molecule has 52 heavy (non-hydrogen) atoms. The molecule has 0 aliphatic heterocycles. The van der Waals surface area contributed by atoms with E-state index >= 15 is 0 Å². The first-order valence-corrected chi connectivity index (χ1v) is 19.3. The number of rotatable bonds is 15. The number of pyridine rings is 1. The van der Waals surface area contributed by atoms with Crippen LogP contribution in [-0.2, 0) is 11.8 Å². The number of carbonyl (C=O) groups is 1. The van der Waals surface area contributed by atoms with Crippen LogP contribution in [0, 0.1) is 54.1 Å². The van der Waals surface area contributed by atoms with Crippen LogP contribution in [0.15, 0.2) is 54.2 Å². The number of allylic oxidation sites excluding steroid dienone is 5. The summed E-state index contributed by atoms with van der Waals surface area (Å²) in [5, 5.41) is 18.4. The van der Waals surface area contributed by atoms with Gasteiger partial charge < -0.3 is 16.0 Å². The molecule has 8 heteroatoms. The Morgan fingerprint density at radius 1 is 1.13 bits per heavy atom. The molecule has 0 radical (unpaired) electrons. The topological polar surface area (TPSA) is 95.7 Å². The van der Waals surface area contributed by atoms with Crippen molar-refractivity contribution in [2.24, 2.45) is 36.1 Å². The SMILES string of the molecule is C=C[C-]=C(C=N)C(Nc1cc(NC(=O)C(CC)CCC(C)CC)cnc1C)=C1CCC1.CC1CCCC1(C)C.[CH-]=C(c1cnn(C)c1)C(C)CC.[Na+]. The summed E-state index contributed by atoms with van der Waals surface area (Å²) in [5.74, 6) is 2.10. The Morgan fingerprint density at radius 2 is 1.83 bits per heavy atom. The minimum Gasteiger partial charge on any atom is -0.393 e. The fourth-order valence-corrected chi connectivity index (χ4v) is 6.14. The van der Waals surface area contributed by atoms with Gasteiger partial charge in [0.25, 0.3) is 0 Å². The molecule has 4 unspecified atom stereocenters. The van der Waals surface area contributed by atoms with Crippen molar-refractivity contribution in [3.8, 4) is 0 Å². The van der Waals surface area contributed by atoms with E-state index in [0.717, 1.165) is 85.5 Å². The van der Waals surface area contributed by atoms with Crippen LogP contribution in [0.4, 0.5) is 11.4 Å². The summed E-state index contributed by atoms with van der Waals surface area (Å²) >= 11 is 0. The number of nitrogens with one attached hydrogen (secondary N) is 3.